The van der Waals surface area contributed by atoms with Gasteiger partial charge in [-0.1, -0.05) is 28.1 Å². The number of hydrogen-bond acceptors (Lipinski definition) is 4. The number of nitrogens with zero attached hydrogens (tertiary/aromatic N) is 1. The number of hydrogen-bond donors (Lipinski definition) is 2. The van der Waals surface area contributed by atoms with Crippen LogP contribution in [-0.2, 0) is 4.79 Å². The SMILES string of the molecule is O=C1COc2ccc(/C=C/c3nc4ccc(Br)cc4c(=O)[nH]3)cc2N1. The maximum Gasteiger partial charge on any atom is 0.262 e. The summed E-state index contributed by atoms with van der Waals surface area (Å²) >= 11 is 3.35. The minimum atomic E-state index is -0.197. The molecular formula is C18H12BrN3O3. The number of halogens is 1. The number of anilines is 1. The molecular weight excluding hydrogens is 386 g/mol. The van der Waals surface area contributed by atoms with Crippen LogP contribution in [0.5, 0.6) is 5.75 Å². The highest BCUT2D eigenvalue weighted by atomic mass is 79.9. The molecule has 1 aliphatic rings. The van der Waals surface area contributed by atoms with Gasteiger partial charge in [0.1, 0.15) is 11.6 Å². The molecule has 0 fully saturated rings. The first-order chi connectivity index (χ1) is 12.1. The first-order valence-corrected chi connectivity index (χ1v) is 8.32. The molecule has 4 rings (SSSR count). The highest BCUT2D eigenvalue weighted by molar-refractivity contribution is 9.10. The van der Waals surface area contributed by atoms with Crippen LogP contribution in [0.3, 0.4) is 0 Å². The van der Waals surface area contributed by atoms with Crippen LogP contribution in [0.2, 0.25) is 0 Å². The molecule has 1 amide bonds. The van der Waals surface area contributed by atoms with Crippen LogP contribution < -0.4 is 15.6 Å². The quantitative estimate of drug-likeness (QED) is 0.695. The molecule has 2 heterocycles. The van der Waals surface area contributed by atoms with Crippen molar-refractivity contribution in [3.63, 3.8) is 0 Å². The second-order valence-corrected chi connectivity index (χ2v) is 6.45. The number of rotatable bonds is 2. The summed E-state index contributed by atoms with van der Waals surface area (Å²) in [5.41, 5.74) is 1.90. The molecule has 2 N–H and O–H groups in total. The zero-order valence-corrected chi connectivity index (χ0v) is 14.5. The minimum Gasteiger partial charge on any atom is -0.482 e. The van der Waals surface area contributed by atoms with Crippen LogP contribution in [0.1, 0.15) is 11.4 Å². The van der Waals surface area contributed by atoms with Crippen LogP contribution >= 0.6 is 15.9 Å². The van der Waals surface area contributed by atoms with Gasteiger partial charge in [-0.15, -0.1) is 0 Å². The maximum absolute atomic E-state index is 12.2. The third kappa shape index (κ3) is 3.18. The Balaban J connectivity index is 1.67. The van der Waals surface area contributed by atoms with Crippen molar-refractivity contribution in [1.29, 1.82) is 0 Å². The van der Waals surface area contributed by atoms with Gasteiger partial charge in [-0.05, 0) is 42.0 Å². The number of carbonyl (C=O) groups is 1. The third-order valence-electron chi connectivity index (χ3n) is 3.76. The molecule has 6 nitrogen and oxygen atoms in total. The van der Waals surface area contributed by atoms with E-state index >= 15 is 0 Å². The van der Waals surface area contributed by atoms with E-state index in [-0.39, 0.29) is 18.1 Å². The van der Waals surface area contributed by atoms with E-state index in [4.69, 9.17) is 4.74 Å². The Labute approximate surface area is 150 Å². The predicted octanol–water partition coefficient (Wildman–Crippen LogP) is 3.19. The van der Waals surface area contributed by atoms with E-state index in [1.54, 1.807) is 30.3 Å². The molecule has 7 heteroatoms. The van der Waals surface area contributed by atoms with Crippen molar-refractivity contribution in [2.45, 2.75) is 0 Å². The Kier molecular flexibility index (Phi) is 3.85. The summed E-state index contributed by atoms with van der Waals surface area (Å²) in [5, 5.41) is 3.29. The maximum atomic E-state index is 12.2. The number of benzene rings is 2. The van der Waals surface area contributed by atoms with Crippen molar-refractivity contribution in [1.82, 2.24) is 9.97 Å². The average molecular weight is 398 g/mol. The Morgan fingerprint density at radius 1 is 1.12 bits per heavy atom. The lowest BCUT2D eigenvalue weighted by Gasteiger charge is -2.17. The molecule has 2 aromatic carbocycles. The van der Waals surface area contributed by atoms with Crippen LogP contribution in [0.4, 0.5) is 5.69 Å². The predicted molar refractivity (Wildman–Crippen MR) is 99.6 cm³/mol. The first kappa shape index (κ1) is 15.6. The van der Waals surface area contributed by atoms with Gasteiger partial charge >= 0.3 is 0 Å². The second kappa shape index (κ2) is 6.18. The zero-order valence-electron chi connectivity index (χ0n) is 12.9. The Morgan fingerprint density at radius 3 is 2.88 bits per heavy atom. The van der Waals surface area contributed by atoms with Crippen LogP contribution in [0, 0.1) is 0 Å². The molecule has 0 bridgehead atoms. The van der Waals surface area contributed by atoms with Crippen molar-refractivity contribution in [2.24, 2.45) is 0 Å². The van der Waals surface area contributed by atoms with Crippen molar-refractivity contribution in [3.05, 3.63) is 62.6 Å². The summed E-state index contributed by atoms with van der Waals surface area (Å²) in [4.78, 5) is 30.8. The molecule has 0 aliphatic carbocycles. The third-order valence-corrected chi connectivity index (χ3v) is 4.25. The van der Waals surface area contributed by atoms with Gasteiger partial charge in [-0.3, -0.25) is 9.59 Å². The number of ether oxygens (including phenoxy) is 1. The zero-order chi connectivity index (χ0) is 17.4. The smallest absolute Gasteiger partial charge is 0.262 e. The fourth-order valence-electron chi connectivity index (χ4n) is 2.59. The number of aromatic amines is 1. The molecule has 25 heavy (non-hydrogen) atoms. The molecule has 1 aliphatic heterocycles. The number of nitrogens with one attached hydrogen (secondary N) is 2. The molecule has 124 valence electrons. The molecule has 1 aromatic heterocycles. The van der Waals surface area contributed by atoms with Crippen LogP contribution in [-0.4, -0.2) is 22.5 Å². The Morgan fingerprint density at radius 2 is 2.00 bits per heavy atom. The van der Waals surface area contributed by atoms with E-state index in [0.717, 1.165) is 10.0 Å². The topological polar surface area (TPSA) is 84.1 Å². The molecule has 0 radical (unpaired) electrons. The molecule has 0 unspecified atom stereocenters. The lowest BCUT2D eigenvalue weighted by atomic mass is 10.1. The molecule has 0 spiro atoms. The normalized spacial score (nSPS) is 13.6. The van der Waals surface area contributed by atoms with Gasteiger partial charge in [0.15, 0.2) is 6.61 Å². The number of carbonyl (C=O) groups excluding carboxylic acids is 1. The van der Waals surface area contributed by atoms with Gasteiger partial charge in [-0.25, -0.2) is 4.98 Å². The van der Waals surface area contributed by atoms with Crippen LogP contribution in [0.25, 0.3) is 23.1 Å². The Hall–Kier alpha value is -2.93. The van der Waals surface area contributed by atoms with Gasteiger partial charge in [-0.2, -0.15) is 0 Å². The fourth-order valence-corrected chi connectivity index (χ4v) is 2.95. The summed E-state index contributed by atoms with van der Waals surface area (Å²) in [7, 11) is 0. The van der Waals surface area contributed by atoms with E-state index in [9.17, 15) is 9.59 Å². The fraction of sp³-hybridized carbons (Fsp3) is 0.0556. The second-order valence-electron chi connectivity index (χ2n) is 5.54. The molecule has 0 saturated carbocycles. The lowest BCUT2D eigenvalue weighted by molar-refractivity contribution is -0.118. The van der Waals surface area contributed by atoms with Gasteiger partial charge in [0.05, 0.1) is 16.6 Å². The van der Waals surface area contributed by atoms with Crippen molar-refractivity contribution in [2.75, 3.05) is 11.9 Å². The van der Waals surface area contributed by atoms with Crippen molar-refractivity contribution in [3.8, 4) is 5.75 Å². The Bertz CT molecular complexity index is 1090. The highest BCUT2D eigenvalue weighted by Crippen LogP contribution is 2.29. The van der Waals surface area contributed by atoms with Gasteiger partial charge in [0.2, 0.25) is 0 Å². The van der Waals surface area contributed by atoms with Crippen molar-refractivity contribution < 1.29 is 9.53 Å². The standard InChI is InChI=1S/C18H12BrN3O3/c19-11-3-4-13-12(8-11)18(24)22-16(20-13)6-2-10-1-5-15-14(7-10)21-17(23)9-25-15/h1-8H,9H2,(H,21,23)(H,20,22,24)/b6-2+. The van der Waals surface area contributed by atoms with Gasteiger partial charge in [0.25, 0.3) is 11.5 Å². The van der Waals surface area contributed by atoms with E-state index in [1.807, 2.05) is 18.2 Å². The molecule has 0 atom stereocenters. The van der Waals surface area contributed by atoms with E-state index in [1.165, 1.54) is 0 Å². The number of H-pyrrole nitrogens is 1. The first-order valence-electron chi connectivity index (χ1n) is 7.53. The lowest BCUT2D eigenvalue weighted by Crippen LogP contribution is -2.25. The molecule has 3 aromatic rings. The summed E-state index contributed by atoms with van der Waals surface area (Å²) in [5.74, 6) is 0.915. The van der Waals surface area contributed by atoms with Crippen LogP contribution in [0.15, 0.2) is 45.7 Å². The van der Waals surface area contributed by atoms with Crippen molar-refractivity contribution >= 4 is 50.6 Å². The summed E-state index contributed by atoms with van der Waals surface area (Å²) in [6, 6.07) is 10.8. The number of fused-ring (bicyclic) bond motifs is 2. The van der Waals surface area contributed by atoms with Gasteiger partial charge < -0.3 is 15.0 Å². The average Bonchev–Trinajstić information content (AvgIpc) is 2.60. The van der Waals surface area contributed by atoms with E-state index in [2.05, 4.69) is 31.2 Å². The minimum absolute atomic E-state index is 0.0283. The van der Waals surface area contributed by atoms with E-state index in [0.29, 0.717) is 28.2 Å². The largest absolute Gasteiger partial charge is 0.482 e. The number of amides is 1. The van der Waals surface area contributed by atoms with E-state index < -0.39 is 0 Å². The highest BCUT2D eigenvalue weighted by Gasteiger charge is 2.15. The number of aromatic nitrogens is 2. The van der Waals surface area contributed by atoms with Gasteiger partial charge in [0, 0.05) is 4.47 Å². The molecule has 0 saturated heterocycles. The summed E-state index contributed by atoms with van der Waals surface area (Å²) in [6.45, 7) is 0.0283. The monoisotopic (exact) mass is 397 g/mol. The summed E-state index contributed by atoms with van der Waals surface area (Å²) in [6.07, 6.45) is 3.53. The summed E-state index contributed by atoms with van der Waals surface area (Å²) < 4.78 is 6.15.